The molecule has 1 amide bonds. The van der Waals surface area contributed by atoms with Gasteiger partial charge < -0.3 is 15.5 Å². The lowest BCUT2D eigenvalue weighted by atomic mass is 9.97. The Balaban J connectivity index is 1.99. The van der Waals surface area contributed by atoms with Crippen molar-refractivity contribution in [2.75, 3.05) is 0 Å². The number of hydrogen-bond acceptors (Lipinski definition) is 3. The summed E-state index contributed by atoms with van der Waals surface area (Å²) in [6.45, 7) is -0.0166. The minimum atomic E-state index is -4.45. The number of phenols is 1. The number of aromatic nitrogens is 1. The average molecular weight is 388 g/mol. The number of rotatable bonds is 4. The molecule has 0 radical (unpaired) electrons. The summed E-state index contributed by atoms with van der Waals surface area (Å²) in [4.78, 5) is 14.7. The molecule has 3 N–H and O–H groups in total. The van der Waals surface area contributed by atoms with Gasteiger partial charge in [0.25, 0.3) is 0 Å². The van der Waals surface area contributed by atoms with Gasteiger partial charge in [-0.2, -0.15) is 13.2 Å². The van der Waals surface area contributed by atoms with Crippen molar-refractivity contribution in [2.24, 2.45) is 0 Å². The molecule has 0 aliphatic rings. The van der Waals surface area contributed by atoms with E-state index in [2.05, 4.69) is 10.3 Å². The van der Waals surface area contributed by atoms with Crippen LogP contribution in [0.1, 0.15) is 11.3 Å². The lowest BCUT2D eigenvalue weighted by molar-refractivity contribution is -0.137. The van der Waals surface area contributed by atoms with E-state index in [4.69, 9.17) is 5.11 Å². The van der Waals surface area contributed by atoms with Gasteiger partial charge in [-0.25, -0.2) is 4.79 Å². The van der Waals surface area contributed by atoms with E-state index in [1.165, 1.54) is 24.4 Å². The highest BCUT2D eigenvalue weighted by molar-refractivity contribution is 5.77. The van der Waals surface area contributed by atoms with Crippen LogP contribution in [-0.4, -0.2) is 21.3 Å². The first kappa shape index (κ1) is 19.2. The van der Waals surface area contributed by atoms with Crippen LogP contribution in [-0.2, 0) is 12.7 Å². The Morgan fingerprint density at radius 1 is 1.00 bits per heavy atom. The minimum absolute atomic E-state index is 0.0166. The quantitative estimate of drug-likeness (QED) is 0.593. The van der Waals surface area contributed by atoms with Gasteiger partial charge in [0.1, 0.15) is 5.75 Å². The topological polar surface area (TPSA) is 82.5 Å². The minimum Gasteiger partial charge on any atom is -0.507 e. The molecule has 0 fully saturated rings. The van der Waals surface area contributed by atoms with Crippen LogP contribution in [0.5, 0.6) is 5.75 Å². The van der Waals surface area contributed by atoms with E-state index in [0.717, 1.165) is 12.1 Å². The van der Waals surface area contributed by atoms with Crippen molar-refractivity contribution in [3.63, 3.8) is 0 Å². The Hall–Kier alpha value is -3.55. The van der Waals surface area contributed by atoms with Crippen LogP contribution in [0.3, 0.4) is 0 Å². The lowest BCUT2D eigenvalue weighted by Crippen LogP contribution is -2.20. The van der Waals surface area contributed by atoms with Gasteiger partial charge >= 0.3 is 12.3 Å². The Kier molecular flexibility index (Phi) is 5.21. The smallest absolute Gasteiger partial charge is 0.416 e. The third-order valence-electron chi connectivity index (χ3n) is 4.07. The lowest BCUT2D eigenvalue weighted by Gasteiger charge is -2.12. The van der Waals surface area contributed by atoms with Gasteiger partial charge in [0.15, 0.2) is 0 Å². The molecule has 0 saturated heterocycles. The van der Waals surface area contributed by atoms with Crippen molar-refractivity contribution in [1.29, 1.82) is 0 Å². The van der Waals surface area contributed by atoms with E-state index in [1.54, 1.807) is 24.3 Å². The molecule has 0 spiro atoms. The predicted molar refractivity (Wildman–Crippen MR) is 96.6 cm³/mol. The van der Waals surface area contributed by atoms with Crippen molar-refractivity contribution < 1.29 is 28.2 Å². The summed E-state index contributed by atoms with van der Waals surface area (Å²) in [6.07, 6.45) is -4.18. The van der Waals surface area contributed by atoms with E-state index in [-0.39, 0.29) is 12.3 Å². The van der Waals surface area contributed by atoms with E-state index in [0.29, 0.717) is 27.9 Å². The van der Waals surface area contributed by atoms with Crippen LogP contribution in [0.15, 0.2) is 60.8 Å². The fraction of sp³-hybridized carbons (Fsp3) is 0.100. The number of hydrogen-bond donors (Lipinski definition) is 3. The zero-order chi connectivity index (χ0) is 20.3. The molecule has 3 aromatic rings. The van der Waals surface area contributed by atoms with Gasteiger partial charge in [-0.15, -0.1) is 0 Å². The third kappa shape index (κ3) is 4.40. The monoisotopic (exact) mass is 388 g/mol. The van der Waals surface area contributed by atoms with Crippen LogP contribution < -0.4 is 5.32 Å². The van der Waals surface area contributed by atoms with Crippen molar-refractivity contribution >= 4 is 6.09 Å². The van der Waals surface area contributed by atoms with Crippen molar-refractivity contribution in [3.05, 3.63) is 72.1 Å². The maximum Gasteiger partial charge on any atom is 0.416 e. The highest BCUT2D eigenvalue weighted by Gasteiger charge is 2.30. The number of aromatic hydroxyl groups is 1. The van der Waals surface area contributed by atoms with Gasteiger partial charge in [-0.05, 0) is 53.1 Å². The summed E-state index contributed by atoms with van der Waals surface area (Å²) in [5.74, 6) is -0.0564. The van der Waals surface area contributed by atoms with Crippen LogP contribution in [0.4, 0.5) is 18.0 Å². The third-order valence-corrected chi connectivity index (χ3v) is 4.07. The molecule has 144 valence electrons. The normalized spacial score (nSPS) is 11.2. The molecule has 2 aromatic carbocycles. The van der Waals surface area contributed by atoms with Crippen molar-refractivity contribution in [3.8, 4) is 28.0 Å². The zero-order valence-electron chi connectivity index (χ0n) is 14.4. The summed E-state index contributed by atoms with van der Waals surface area (Å²) < 4.78 is 38.9. The van der Waals surface area contributed by atoms with Crippen LogP contribution >= 0.6 is 0 Å². The second kappa shape index (κ2) is 7.59. The highest BCUT2D eigenvalue weighted by atomic mass is 19.4. The number of benzene rings is 2. The second-order valence-corrected chi connectivity index (χ2v) is 6.01. The van der Waals surface area contributed by atoms with E-state index in [9.17, 15) is 23.1 Å². The number of alkyl halides is 3. The molecular formula is C20H15F3N2O3. The number of pyridine rings is 1. The highest BCUT2D eigenvalue weighted by Crippen LogP contribution is 2.36. The van der Waals surface area contributed by atoms with Gasteiger partial charge in [-0.3, -0.25) is 4.98 Å². The summed E-state index contributed by atoms with van der Waals surface area (Å²) >= 11 is 0. The molecular weight excluding hydrogens is 373 g/mol. The summed E-state index contributed by atoms with van der Waals surface area (Å²) in [7, 11) is 0. The molecule has 0 unspecified atom stereocenters. The molecule has 1 aromatic heterocycles. The Morgan fingerprint density at radius 2 is 1.75 bits per heavy atom. The van der Waals surface area contributed by atoms with Crippen molar-refractivity contribution in [1.82, 2.24) is 10.3 Å². The standard InChI is InChI=1S/C20H15F3N2O3/c21-20(22,23)15-3-1-2-12(8-15)13-4-5-18(26)17(10-13)14-6-7-24-16(9-14)11-25-19(27)28/h1-10,25-26H,11H2,(H,27,28). The van der Waals surface area contributed by atoms with E-state index < -0.39 is 17.8 Å². The molecule has 0 aliphatic carbocycles. The van der Waals surface area contributed by atoms with Gasteiger partial charge in [0, 0.05) is 11.8 Å². The number of nitrogens with one attached hydrogen (secondary N) is 1. The molecule has 0 aliphatic heterocycles. The van der Waals surface area contributed by atoms with Gasteiger partial charge in [0.2, 0.25) is 0 Å². The maximum absolute atomic E-state index is 13.0. The molecule has 28 heavy (non-hydrogen) atoms. The van der Waals surface area contributed by atoms with Crippen molar-refractivity contribution in [2.45, 2.75) is 12.7 Å². The SMILES string of the molecule is O=C(O)NCc1cc(-c2cc(-c3cccc(C(F)(F)F)c3)ccc2O)ccn1. The first-order valence-electron chi connectivity index (χ1n) is 8.17. The molecule has 8 heteroatoms. The number of amides is 1. The zero-order valence-corrected chi connectivity index (χ0v) is 14.4. The molecule has 0 atom stereocenters. The Bertz CT molecular complexity index is 1020. The summed E-state index contributed by atoms with van der Waals surface area (Å²) in [5, 5.41) is 21.1. The van der Waals surface area contributed by atoms with Gasteiger partial charge in [-0.1, -0.05) is 18.2 Å². The largest absolute Gasteiger partial charge is 0.507 e. The number of phenolic OH excluding ortho intramolecular Hbond substituents is 1. The van der Waals surface area contributed by atoms with E-state index in [1.807, 2.05) is 0 Å². The Morgan fingerprint density at radius 3 is 2.46 bits per heavy atom. The molecule has 1 heterocycles. The Labute approximate surface area is 158 Å². The molecule has 5 nitrogen and oxygen atoms in total. The second-order valence-electron chi connectivity index (χ2n) is 6.01. The molecule has 0 bridgehead atoms. The average Bonchev–Trinajstić information content (AvgIpc) is 2.66. The van der Waals surface area contributed by atoms with Crippen LogP contribution in [0, 0.1) is 0 Å². The first-order valence-corrected chi connectivity index (χ1v) is 8.17. The van der Waals surface area contributed by atoms with Gasteiger partial charge in [0.05, 0.1) is 17.8 Å². The number of halogens is 3. The van der Waals surface area contributed by atoms with Crippen LogP contribution in [0.25, 0.3) is 22.3 Å². The van der Waals surface area contributed by atoms with Crippen LogP contribution in [0.2, 0.25) is 0 Å². The predicted octanol–water partition coefficient (Wildman–Crippen LogP) is 4.91. The first-order chi connectivity index (χ1) is 13.2. The molecule has 3 rings (SSSR count). The van der Waals surface area contributed by atoms with E-state index >= 15 is 0 Å². The fourth-order valence-electron chi connectivity index (χ4n) is 2.73. The number of carbonyl (C=O) groups is 1. The number of carboxylic acid groups (broad SMARTS) is 1. The number of nitrogens with zero attached hydrogens (tertiary/aromatic N) is 1. The summed E-state index contributed by atoms with van der Waals surface area (Å²) in [6, 6.07) is 12.7. The fourth-order valence-corrected chi connectivity index (χ4v) is 2.73. The summed E-state index contributed by atoms with van der Waals surface area (Å²) in [5.41, 5.74) is 1.49. The molecule has 0 saturated carbocycles. The maximum atomic E-state index is 13.0.